The molecule has 0 radical (unpaired) electrons. The molecule has 33 heavy (non-hydrogen) atoms. The Morgan fingerprint density at radius 3 is 2.55 bits per heavy atom. The van der Waals surface area contributed by atoms with Crippen molar-refractivity contribution in [3.05, 3.63) is 59.7 Å². The van der Waals surface area contributed by atoms with Gasteiger partial charge in [-0.25, -0.2) is 0 Å². The average Bonchev–Trinajstić information content (AvgIpc) is 3.21. The third-order valence-corrected chi connectivity index (χ3v) is 5.06. The first-order valence-corrected chi connectivity index (χ1v) is 10.5. The summed E-state index contributed by atoms with van der Waals surface area (Å²) in [6.45, 7) is 0.455. The van der Waals surface area contributed by atoms with Gasteiger partial charge in [-0.15, -0.1) is 24.0 Å². The largest absolute Gasteiger partial charge is 0.484 e. The predicted molar refractivity (Wildman–Crippen MR) is 133 cm³/mol. The number of hydrogen-bond acceptors (Lipinski definition) is 3. The summed E-state index contributed by atoms with van der Waals surface area (Å²) in [4.78, 5) is 18.5. The van der Waals surface area contributed by atoms with E-state index in [1.165, 1.54) is 17.7 Å². The highest BCUT2D eigenvalue weighted by Gasteiger charge is 2.28. The number of nitrogens with one attached hydrogen (secondary N) is 2. The van der Waals surface area contributed by atoms with Gasteiger partial charge in [0.25, 0.3) is 0 Å². The summed E-state index contributed by atoms with van der Waals surface area (Å²) in [5, 5.41) is 6.31. The van der Waals surface area contributed by atoms with Gasteiger partial charge in [0, 0.05) is 38.8 Å². The number of rotatable bonds is 8. The minimum absolute atomic E-state index is 0. The van der Waals surface area contributed by atoms with Crippen molar-refractivity contribution in [3.8, 4) is 5.75 Å². The van der Waals surface area contributed by atoms with Crippen LogP contribution in [-0.4, -0.2) is 44.8 Å². The van der Waals surface area contributed by atoms with Gasteiger partial charge in [-0.2, -0.15) is 13.2 Å². The fourth-order valence-corrected chi connectivity index (χ4v) is 3.45. The van der Waals surface area contributed by atoms with E-state index in [2.05, 4.69) is 21.7 Å². The molecule has 0 saturated heterocycles. The van der Waals surface area contributed by atoms with Crippen molar-refractivity contribution < 1.29 is 22.7 Å². The number of halogens is 4. The molecule has 2 aromatic carbocycles. The topological polar surface area (TPSA) is 66.0 Å². The first-order valence-electron chi connectivity index (χ1n) is 10.5. The Morgan fingerprint density at radius 2 is 1.85 bits per heavy atom. The molecule has 0 aromatic heterocycles. The lowest BCUT2D eigenvalue weighted by atomic mass is 10.2. The minimum atomic E-state index is -4.36. The Bertz CT molecular complexity index is 936. The molecular formula is C23H28F3IN4O2. The van der Waals surface area contributed by atoms with E-state index >= 15 is 0 Å². The molecule has 180 valence electrons. The lowest BCUT2D eigenvalue weighted by molar-refractivity contribution is -0.153. The molecule has 1 heterocycles. The second-order valence-electron chi connectivity index (χ2n) is 7.43. The van der Waals surface area contributed by atoms with Crippen molar-refractivity contribution in [2.75, 3.05) is 31.6 Å². The fourth-order valence-electron chi connectivity index (χ4n) is 3.45. The summed E-state index contributed by atoms with van der Waals surface area (Å²) in [5.74, 6) is 0.868. The molecule has 2 aromatic rings. The first-order chi connectivity index (χ1) is 15.4. The summed E-state index contributed by atoms with van der Waals surface area (Å²) >= 11 is 0. The van der Waals surface area contributed by atoms with E-state index in [0.717, 1.165) is 24.2 Å². The Balaban J connectivity index is 0.00000385. The molecular weight excluding hydrogens is 548 g/mol. The Hall–Kier alpha value is -2.50. The van der Waals surface area contributed by atoms with E-state index < -0.39 is 12.8 Å². The maximum atomic E-state index is 12.5. The third-order valence-electron chi connectivity index (χ3n) is 5.06. The standard InChI is InChI=1S/C23H27F3N4O2.HI/c1-27-22(29-15-17-8-10-19(11-9-17)32-16-23(24,25)26)28-13-4-7-21(31)30-14-12-18-5-2-3-6-20(18)30;/h2-3,5-6,8-11H,4,7,12-16H2,1H3,(H2,27,28,29);1H. The number of ether oxygens (including phenoxy) is 1. The summed E-state index contributed by atoms with van der Waals surface area (Å²) in [7, 11) is 1.65. The van der Waals surface area contributed by atoms with E-state index in [1.807, 2.05) is 23.1 Å². The normalized spacial score (nSPS) is 13.2. The van der Waals surface area contributed by atoms with Crippen LogP contribution in [0.1, 0.15) is 24.0 Å². The van der Waals surface area contributed by atoms with Crippen LogP contribution in [-0.2, 0) is 17.8 Å². The first kappa shape index (κ1) is 26.7. The van der Waals surface area contributed by atoms with Gasteiger partial charge >= 0.3 is 6.18 Å². The number of nitrogens with zero attached hydrogens (tertiary/aromatic N) is 2. The molecule has 3 rings (SSSR count). The van der Waals surface area contributed by atoms with Gasteiger partial charge in [-0.1, -0.05) is 30.3 Å². The van der Waals surface area contributed by atoms with Gasteiger partial charge < -0.3 is 20.3 Å². The number of hydrogen-bond donors (Lipinski definition) is 2. The van der Waals surface area contributed by atoms with Crippen LogP contribution >= 0.6 is 24.0 Å². The lowest BCUT2D eigenvalue weighted by Crippen LogP contribution is -2.37. The van der Waals surface area contributed by atoms with E-state index in [1.54, 1.807) is 19.2 Å². The van der Waals surface area contributed by atoms with Crippen molar-refractivity contribution in [3.63, 3.8) is 0 Å². The number of guanidine groups is 1. The zero-order valence-electron chi connectivity index (χ0n) is 18.3. The van der Waals surface area contributed by atoms with Crippen LogP contribution in [0.25, 0.3) is 0 Å². The van der Waals surface area contributed by atoms with E-state index in [-0.39, 0.29) is 35.6 Å². The van der Waals surface area contributed by atoms with Crippen LogP contribution in [0.4, 0.5) is 18.9 Å². The molecule has 0 unspecified atom stereocenters. The molecule has 0 atom stereocenters. The summed E-state index contributed by atoms with van der Waals surface area (Å²) in [5.41, 5.74) is 3.09. The molecule has 0 fully saturated rings. The number of benzene rings is 2. The summed E-state index contributed by atoms with van der Waals surface area (Å²) in [6.07, 6.45) is -2.35. The SMILES string of the molecule is CN=C(NCCCC(=O)N1CCc2ccccc21)NCc1ccc(OCC(F)(F)F)cc1.I. The summed E-state index contributed by atoms with van der Waals surface area (Å²) in [6, 6.07) is 14.4. The smallest absolute Gasteiger partial charge is 0.422 e. The monoisotopic (exact) mass is 576 g/mol. The fraction of sp³-hybridized carbons (Fsp3) is 0.391. The van der Waals surface area contributed by atoms with Crippen molar-refractivity contribution in [2.24, 2.45) is 4.99 Å². The molecule has 6 nitrogen and oxygen atoms in total. The Morgan fingerprint density at radius 1 is 1.12 bits per heavy atom. The van der Waals surface area contributed by atoms with Crippen LogP contribution < -0.4 is 20.3 Å². The van der Waals surface area contributed by atoms with E-state index in [9.17, 15) is 18.0 Å². The molecule has 1 aliphatic rings. The van der Waals surface area contributed by atoms with Crippen molar-refractivity contribution >= 4 is 41.5 Å². The number of fused-ring (bicyclic) bond motifs is 1. The molecule has 0 bridgehead atoms. The number of amides is 1. The number of carbonyl (C=O) groups excluding carboxylic acids is 1. The molecule has 0 spiro atoms. The second-order valence-corrected chi connectivity index (χ2v) is 7.43. The molecule has 2 N–H and O–H groups in total. The zero-order chi connectivity index (χ0) is 23.0. The average molecular weight is 576 g/mol. The highest BCUT2D eigenvalue weighted by molar-refractivity contribution is 14.0. The zero-order valence-corrected chi connectivity index (χ0v) is 20.7. The number of para-hydroxylation sites is 1. The van der Waals surface area contributed by atoms with Gasteiger partial charge in [-0.05, 0) is 42.2 Å². The number of aliphatic imine (C=N–C) groups is 1. The lowest BCUT2D eigenvalue weighted by Gasteiger charge is -2.17. The second kappa shape index (κ2) is 12.7. The number of anilines is 1. The van der Waals surface area contributed by atoms with Gasteiger partial charge in [0.1, 0.15) is 5.75 Å². The quantitative estimate of drug-likeness (QED) is 0.213. The van der Waals surface area contributed by atoms with Crippen molar-refractivity contribution in [1.29, 1.82) is 0 Å². The van der Waals surface area contributed by atoms with E-state index in [0.29, 0.717) is 31.9 Å². The van der Waals surface area contributed by atoms with Gasteiger partial charge in [0.2, 0.25) is 5.91 Å². The van der Waals surface area contributed by atoms with E-state index in [4.69, 9.17) is 4.74 Å². The highest BCUT2D eigenvalue weighted by Crippen LogP contribution is 2.28. The molecule has 0 saturated carbocycles. The number of carbonyl (C=O) groups is 1. The van der Waals surface area contributed by atoms with Crippen molar-refractivity contribution in [1.82, 2.24) is 10.6 Å². The summed E-state index contributed by atoms with van der Waals surface area (Å²) < 4.78 is 41.3. The predicted octanol–water partition coefficient (Wildman–Crippen LogP) is 4.28. The molecule has 0 aliphatic carbocycles. The minimum Gasteiger partial charge on any atom is -0.484 e. The molecule has 1 aliphatic heterocycles. The van der Waals surface area contributed by atoms with Gasteiger partial charge in [0.15, 0.2) is 12.6 Å². The Kier molecular flexibility index (Phi) is 10.3. The third kappa shape index (κ3) is 8.41. The van der Waals surface area contributed by atoms with Crippen LogP contribution in [0.5, 0.6) is 5.75 Å². The maximum Gasteiger partial charge on any atom is 0.422 e. The number of alkyl halides is 3. The van der Waals surface area contributed by atoms with Crippen LogP contribution in [0.15, 0.2) is 53.5 Å². The van der Waals surface area contributed by atoms with Crippen LogP contribution in [0.3, 0.4) is 0 Å². The van der Waals surface area contributed by atoms with Gasteiger partial charge in [-0.3, -0.25) is 9.79 Å². The van der Waals surface area contributed by atoms with Crippen LogP contribution in [0, 0.1) is 0 Å². The maximum absolute atomic E-state index is 12.5. The Labute approximate surface area is 208 Å². The highest BCUT2D eigenvalue weighted by atomic mass is 127. The van der Waals surface area contributed by atoms with Crippen molar-refractivity contribution in [2.45, 2.75) is 32.0 Å². The van der Waals surface area contributed by atoms with Gasteiger partial charge in [0.05, 0.1) is 0 Å². The van der Waals surface area contributed by atoms with Crippen LogP contribution in [0.2, 0.25) is 0 Å². The molecule has 1 amide bonds. The molecule has 10 heteroatoms.